The normalized spacial score (nSPS) is 9.36. The number of halogens is 1. The molecule has 0 aliphatic heterocycles. The van der Waals surface area contributed by atoms with E-state index in [1.807, 2.05) is 0 Å². The van der Waals surface area contributed by atoms with Crippen LogP contribution < -0.4 is 10.1 Å². The fourth-order valence-electron chi connectivity index (χ4n) is 0.763. The molecule has 1 aromatic rings. The minimum Gasteiger partial charge on any atom is -0.496 e. The zero-order chi connectivity index (χ0) is 8.27. The Morgan fingerprint density at radius 3 is 2.91 bits per heavy atom. The Bertz CT molecular complexity index is 250. The molecule has 1 radical (unpaired) electrons. The third-order valence-corrected chi connectivity index (χ3v) is 1.68. The van der Waals surface area contributed by atoms with Crippen LogP contribution in [0.4, 0.5) is 5.69 Å². The first-order valence-electron chi connectivity index (χ1n) is 3.21. The topological polar surface area (TPSA) is 21.3 Å². The number of anilines is 1. The third-order valence-electron chi connectivity index (χ3n) is 1.36. The SMILES string of the molecule is CNc1cc(OC)[c]cc1Cl. The highest BCUT2D eigenvalue weighted by Gasteiger charge is 1.98. The lowest BCUT2D eigenvalue weighted by Crippen LogP contribution is -1.90. The van der Waals surface area contributed by atoms with Crippen molar-refractivity contribution in [3.8, 4) is 5.75 Å². The number of benzene rings is 1. The summed E-state index contributed by atoms with van der Waals surface area (Å²) in [5, 5.41) is 3.58. The van der Waals surface area contributed by atoms with Crippen LogP contribution in [0.25, 0.3) is 0 Å². The van der Waals surface area contributed by atoms with E-state index >= 15 is 0 Å². The highest BCUT2D eigenvalue weighted by Crippen LogP contribution is 2.25. The van der Waals surface area contributed by atoms with E-state index in [0.29, 0.717) is 10.8 Å². The van der Waals surface area contributed by atoms with Crippen LogP contribution in [0, 0.1) is 6.07 Å². The van der Waals surface area contributed by atoms with Crippen LogP contribution >= 0.6 is 11.6 Å². The molecule has 1 rings (SSSR count). The number of ether oxygens (including phenoxy) is 1. The average molecular weight is 171 g/mol. The second-order valence-electron chi connectivity index (χ2n) is 2.01. The lowest BCUT2D eigenvalue weighted by Gasteiger charge is -2.04. The zero-order valence-corrected chi connectivity index (χ0v) is 7.20. The largest absolute Gasteiger partial charge is 0.496 e. The van der Waals surface area contributed by atoms with Gasteiger partial charge in [-0.2, -0.15) is 0 Å². The molecule has 3 heteroatoms. The predicted octanol–water partition coefficient (Wildman–Crippen LogP) is 2.19. The van der Waals surface area contributed by atoms with E-state index < -0.39 is 0 Å². The van der Waals surface area contributed by atoms with E-state index in [1.54, 1.807) is 26.3 Å². The lowest BCUT2D eigenvalue weighted by molar-refractivity contribution is 0.414. The van der Waals surface area contributed by atoms with Gasteiger partial charge in [-0.15, -0.1) is 0 Å². The smallest absolute Gasteiger partial charge is 0.128 e. The van der Waals surface area contributed by atoms with Gasteiger partial charge in [0.25, 0.3) is 0 Å². The van der Waals surface area contributed by atoms with Crippen LogP contribution in [-0.4, -0.2) is 14.2 Å². The van der Waals surface area contributed by atoms with Gasteiger partial charge >= 0.3 is 0 Å². The lowest BCUT2D eigenvalue weighted by atomic mass is 10.3. The Kier molecular flexibility index (Phi) is 2.60. The van der Waals surface area contributed by atoms with Gasteiger partial charge in [0.05, 0.1) is 17.8 Å². The van der Waals surface area contributed by atoms with Crippen molar-refractivity contribution < 1.29 is 4.74 Å². The zero-order valence-electron chi connectivity index (χ0n) is 6.44. The van der Waals surface area contributed by atoms with E-state index in [0.717, 1.165) is 5.69 Å². The maximum absolute atomic E-state index is 5.80. The summed E-state index contributed by atoms with van der Waals surface area (Å²) in [6.07, 6.45) is 0. The summed E-state index contributed by atoms with van der Waals surface area (Å²) in [5.74, 6) is 0.679. The summed E-state index contributed by atoms with van der Waals surface area (Å²) in [4.78, 5) is 0. The highest BCUT2D eigenvalue weighted by atomic mass is 35.5. The van der Waals surface area contributed by atoms with E-state index in [-0.39, 0.29) is 0 Å². The summed E-state index contributed by atoms with van der Waals surface area (Å²) in [6, 6.07) is 6.33. The minimum atomic E-state index is 0.647. The van der Waals surface area contributed by atoms with E-state index in [4.69, 9.17) is 16.3 Å². The number of methoxy groups -OCH3 is 1. The number of rotatable bonds is 2. The van der Waals surface area contributed by atoms with Gasteiger partial charge in [-0.1, -0.05) is 11.6 Å². The molecule has 0 atom stereocenters. The van der Waals surface area contributed by atoms with Gasteiger partial charge in [0.1, 0.15) is 5.75 Å². The molecular formula is C8H9ClNO. The average Bonchev–Trinajstić information content (AvgIpc) is 2.05. The quantitative estimate of drug-likeness (QED) is 0.735. The standard InChI is InChI=1S/C8H9ClNO/c1-10-8-5-6(11-2)3-4-7(8)9/h4-5,10H,1-2H3. The number of nitrogens with one attached hydrogen (secondary N) is 1. The van der Waals surface area contributed by atoms with E-state index in [9.17, 15) is 0 Å². The van der Waals surface area contributed by atoms with E-state index in [1.165, 1.54) is 0 Å². The molecule has 0 aliphatic carbocycles. The van der Waals surface area contributed by atoms with Crippen molar-refractivity contribution in [2.24, 2.45) is 0 Å². The molecule has 0 bridgehead atoms. The molecule has 59 valence electrons. The monoisotopic (exact) mass is 170 g/mol. The van der Waals surface area contributed by atoms with Crippen molar-refractivity contribution in [3.05, 3.63) is 23.2 Å². The molecule has 0 unspecified atom stereocenters. The summed E-state index contributed by atoms with van der Waals surface area (Å²) < 4.78 is 4.96. The van der Waals surface area contributed by atoms with Crippen LogP contribution in [0.1, 0.15) is 0 Å². The van der Waals surface area contributed by atoms with Gasteiger partial charge in [-0.25, -0.2) is 0 Å². The van der Waals surface area contributed by atoms with Gasteiger partial charge in [-0.05, 0) is 6.07 Å². The first kappa shape index (κ1) is 8.21. The van der Waals surface area contributed by atoms with Gasteiger partial charge < -0.3 is 10.1 Å². The van der Waals surface area contributed by atoms with E-state index in [2.05, 4.69) is 11.4 Å². The number of hydrogen-bond acceptors (Lipinski definition) is 2. The van der Waals surface area contributed by atoms with Crippen LogP contribution in [0.15, 0.2) is 12.1 Å². The highest BCUT2D eigenvalue weighted by molar-refractivity contribution is 6.33. The molecule has 0 saturated heterocycles. The second-order valence-corrected chi connectivity index (χ2v) is 2.42. The maximum atomic E-state index is 5.80. The van der Waals surface area contributed by atoms with Gasteiger partial charge in [0.2, 0.25) is 0 Å². The predicted molar refractivity (Wildman–Crippen MR) is 46.4 cm³/mol. The minimum absolute atomic E-state index is 0.647. The molecule has 0 spiro atoms. The van der Waals surface area contributed by atoms with Crippen molar-refractivity contribution >= 4 is 17.3 Å². The molecule has 1 aromatic carbocycles. The van der Waals surface area contributed by atoms with Crippen LogP contribution in [0.3, 0.4) is 0 Å². The van der Waals surface area contributed by atoms with Crippen molar-refractivity contribution in [3.63, 3.8) is 0 Å². The van der Waals surface area contributed by atoms with Gasteiger partial charge in [0.15, 0.2) is 0 Å². The van der Waals surface area contributed by atoms with Crippen LogP contribution in [0.5, 0.6) is 5.75 Å². The fourth-order valence-corrected chi connectivity index (χ4v) is 0.967. The molecule has 2 nitrogen and oxygen atoms in total. The molecule has 11 heavy (non-hydrogen) atoms. The fraction of sp³-hybridized carbons (Fsp3) is 0.250. The summed E-state index contributed by atoms with van der Waals surface area (Å²) in [7, 11) is 3.40. The molecule has 0 aromatic heterocycles. The molecule has 0 aliphatic rings. The van der Waals surface area contributed by atoms with Crippen molar-refractivity contribution in [1.82, 2.24) is 0 Å². The Morgan fingerprint density at radius 2 is 2.36 bits per heavy atom. The molecule has 0 heterocycles. The number of hydrogen-bond donors (Lipinski definition) is 1. The first-order valence-corrected chi connectivity index (χ1v) is 3.58. The third kappa shape index (κ3) is 1.77. The summed E-state index contributed by atoms with van der Waals surface area (Å²) >= 11 is 5.80. The Balaban J connectivity index is 3.02. The van der Waals surface area contributed by atoms with Gasteiger partial charge in [0, 0.05) is 19.2 Å². The molecule has 0 fully saturated rings. The maximum Gasteiger partial charge on any atom is 0.128 e. The molecule has 0 amide bonds. The first-order chi connectivity index (χ1) is 5.27. The summed E-state index contributed by atoms with van der Waals surface area (Å²) in [6.45, 7) is 0. The van der Waals surface area contributed by atoms with Gasteiger partial charge in [-0.3, -0.25) is 0 Å². The Morgan fingerprint density at radius 1 is 1.64 bits per heavy atom. The van der Waals surface area contributed by atoms with Crippen molar-refractivity contribution in [2.75, 3.05) is 19.5 Å². The van der Waals surface area contributed by atoms with Crippen LogP contribution in [-0.2, 0) is 0 Å². The summed E-state index contributed by atoms with van der Waals surface area (Å²) in [5.41, 5.74) is 0.849. The Hall–Kier alpha value is -0.890. The Labute approximate surface area is 71.1 Å². The van der Waals surface area contributed by atoms with Crippen molar-refractivity contribution in [1.29, 1.82) is 0 Å². The molecule has 1 N–H and O–H groups in total. The second kappa shape index (κ2) is 3.49. The molecular weight excluding hydrogens is 162 g/mol. The molecule has 0 saturated carbocycles. The van der Waals surface area contributed by atoms with Crippen molar-refractivity contribution in [2.45, 2.75) is 0 Å². The van der Waals surface area contributed by atoms with Crippen LogP contribution in [0.2, 0.25) is 5.02 Å².